The average molecular weight is 616 g/mol. The number of benzene rings is 4. The van der Waals surface area contributed by atoms with Crippen LogP contribution in [0.1, 0.15) is 0 Å². The van der Waals surface area contributed by atoms with E-state index in [0.717, 1.165) is 21.6 Å². The van der Waals surface area contributed by atoms with E-state index in [9.17, 15) is 8.42 Å². The van der Waals surface area contributed by atoms with Crippen molar-refractivity contribution in [2.75, 3.05) is 0 Å². The van der Waals surface area contributed by atoms with E-state index in [1.54, 1.807) is 60.7 Å². The number of fused-ring (bicyclic) bond motifs is 2. The molecule has 38 heavy (non-hydrogen) atoms. The van der Waals surface area contributed by atoms with Crippen LogP contribution in [-0.4, -0.2) is 18.8 Å². The number of aliphatic imine (C=N–C) groups is 2. The van der Waals surface area contributed by atoms with E-state index < -0.39 is 19.5 Å². The Morgan fingerprint density at radius 3 is 1.34 bits per heavy atom. The van der Waals surface area contributed by atoms with E-state index in [2.05, 4.69) is 18.7 Å². The molecular weight excluding hydrogens is 599 g/mol. The second kappa shape index (κ2) is 10.2. The van der Waals surface area contributed by atoms with Gasteiger partial charge in [-0.15, -0.1) is 0 Å². The molecule has 0 fully saturated rings. The lowest BCUT2D eigenvalue weighted by Gasteiger charge is -2.19. The standard InChI is InChI=1S/C26H16Cl2N4O2S4/c27-17-11-13-21-23(15-17)37(33,19-7-3-1-4-8-19)31-25(29-21)35-36-26-30-22-14-12-18(28)16-24(22)38(34,32-26)20-9-5-2-6-10-20/h1-16H. The van der Waals surface area contributed by atoms with Crippen LogP contribution >= 0.6 is 44.8 Å². The lowest BCUT2D eigenvalue weighted by atomic mass is 10.3. The summed E-state index contributed by atoms with van der Waals surface area (Å²) in [4.78, 5) is 11.3. The van der Waals surface area contributed by atoms with Crippen LogP contribution in [0, 0.1) is 0 Å². The topological polar surface area (TPSA) is 83.6 Å². The van der Waals surface area contributed by atoms with Gasteiger partial charge in [0.05, 0.1) is 31.0 Å². The first kappa shape index (κ1) is 25.7. The van der Waals surface area contributed by atoms with Gasteiger partial charge >= 0.3 is 0 Å². The number of hydrogen-bond acceptors (Lipinski definition) is 8. The van der Waals surface area contributed by atoms with Crippen molar-refractivity contribution in [2.24, 2.45) is 18.7 Å². The fourth-order valence-corrected chi connectivity index (χ4v) is 10.7. The first-order valence-corrected chi connectivity index (χ1v) is 17.0. The maximum Gasteiger partial charge on any atom is 0.208 e. The van der Waals surface area contributed by atoms with Crippen molar-refractivity contribution in [1.82, 2.24) is 0 Å². The van der Waals surface area contributed by atoms with Gasteiger partial charge in [-0.2, -0.15) is 8.73 Å². The SMILES string of the molecule is O=S1(c2ccccc2)=NC(SSC2=Nc3ccc(Cl)cc3S(=O)(c3ccccc3)=N2)=Nc2ccc(Cl)cc21. The van der Waals surface area contributed by atoms with Crippen molar-refractivity contribution in [1.29, 1.82) is 0 Å². The lowest BCUT2D eigenvalue weighted by Crippen LogP contribution is -2.10. The molecule has 0 radical (unpaired) electrons. The van der Waals surface area contributed by atoms with Gasteiger partial charge in [0.15, 0.2) is 0 Å². The van der Waals surface area contributed by atoms with Gasteiger partial charge < -0.3 is 0 Å². The Bertz CT molecular complexity index is 1760. The quantitative estimate of drug-likeness (QED) is 0.211. The van der Waals surface area contributed by atoms with Crippen molar-refractivity contribution in [2.45, 2.75) is 19.6 Å². The number of hydrogen-bond donors (Lipinski definition) is 0. The van der Waals surface area contributed by atoms with Crippen molar-refractivity contribution >= 4 is 86.0 Å². The van der Waals surface area contributed by atoms with Crippen LogP contribution in [-0.2, 0) is 19.5 Å². The van der Waals surface area contributed by atoms with Crippen molar-refractivity contribution in [3.05, 3.63) is 107 Å². The summed E-state index contributed by atoms with van der Waals surface area (Å²) in [7, 11) is -3.77. The van der Waals surface area contributed by atoms with Gasteiger partial charge in [0.1, 0.15) is 19.5 Å². The highest BCUT2D eigenvalue weighted by Crippen LogP contribution is 2.43. The second-order valence-corrected chi connectivity index (χ2v) is 15.3. The highest BCUT2D eigenvalue weighted by Gasteiger charge is 2.28. The van der Waals surface area contributed by atoms with Crippen LogP contribution in [0.2, 0.25) is 10.0 Å². The van der Waals surface area contributed by atoms with Gasteiger partial charge in [0, 0.05) is 10.0 Å². The Labute approximate surface area is 238 Å². The van der Waals surface area contributed by atoms with Crippen molar-refractivity contribution in [3.8, 4) is 0 Å². The van der Waals surface area contributed by atoms with Crippen LogP contribution in [0.25, 0.3) is 0 Å². The first-order valence-electron chi connectivity index (χ1n) is 11.1. The number of nitrogens with zero attached hydrogens (tertiary/aromatic N) is 4. The maximum absolute atomic E-state index is 14.3. The third-order valence-corrected chi connectivity index (χ3v) is 12.7. The Morgan fingerprint density at radius 2 is 0.947 bits per heavy atom. The van der Waals surface area contributed by atoms with Crippen molar-refractivity contribution < 1.29 is 8.42 Å². The summed E-state index contributed by atoms with van der Waals surface area (Å²) in [5, 5.41) is 1.47. The highest BCUT2D eigenvalue weighted by molar-refractivity contribution is 8.87. The minimum atomic E-state index is -3.04. The zero-order chi connectivity index (χ0) is 26.3. The van der Waals surface area contributed by atoms with Gasteiger partial charge in [-0.25, -0.2) is 18.4 Å². The molecule has 6 rings (SSSR count). The summed E-state index contributed by atoms with van der Waals surface area (Å²) in [6.07, 6.45) is 0. The van der Waals surface area contributed by atoms with E-state index in [1.165, 1.54) is 0 Å². The zero-order valence-electron chi connectivity index (χ0n) is 19.2. The van der Waals surface area contributed by atoms with Gasteiger partial charge in [0.25, 0.3) is 0 Å². The molecule has 0 amide bonds. The molecule has 0 saturated heterocycles. The molecule has 2 atom stereocenters. The molecule has 4 aromatic rings. The van der Waals surface area contributed by atoms with Crippen LogP contribution in [0.5, 0.6) is 0 Å². The summed E-state index contributed by atoms with van der Waals surface area (Å²) in [6, 6.07) is 28.2. The Balaban J connectivity index is 1.41. The van der Waals surface area contributed by atoms with Gasteiger partial charge in [-0.3, -0.25) is 0 Å². The predicted octanol–water partition coefficient (Wildman–Crippen LogP) is 8.85. The summed E-state index contributed by atoms with van der Waals surface area (Å²) in [5.74, 6) is 0. The molecule has 0 bridgehead atoms. The Morgan fingerprint density at radius 1 is 0.553 bits per heavy atom. The number of amidine groups is 2. The van der Waals surface area contributed by atoms with E-state index in [-0.39, 0.29) is 10.3 Å². The van der Waals surface area contributed by atoms with Gasteiger partial charge in [-0.05, 0) is 82.3 Å². The molecule has 0 spiro atoms. The van der Waals surface area contributed by atoms with Gasteiger partial charge in [-0.1, -0.05) is 59.6 Å². The molecule has 6 nitrogen and oxygen atoms in total. The van der Waals surface area contributed by atoms with Crippen LogP contribution in [0.3, 0.4) is 0 Å². The Hall–Kier alpha value is -2.60. The molecule has 12 heteroatoms. The normalized spacial score (nSPS) is 21.7. The van der Waals surface area contributed by atoms with E-state index in [0.29, 0.717) is 41.0 Å². The molecular formula is C26H16Cl2N4O2S4. The largest absolute Gasteiger partial charge is 0.239 e. The third-order valence-electron chi connectivity index (χ3n) is 5.60. The summed E-state index contributed by atoms with van der Waals surface area (Å²) >= 11 is 12.5. The molecule has 0 saturated carbocycles. The third kappa shape index (κ3) is 4.70. The monoisotopic (exact) mass is 614 g/mol. The van der Waals surface area contributed by atoms with Crippen LogP contribution in [0.4, 0.5) is 11.4 Å². The summed E-state index contributed by atoms with van der Waals surface area (Å²) < 4.78 is 37.7. The summed E-state index contributed by atoms with van der Waals surface area (Å²) in [6.45, 7) is 0. The fraction of sp³-hybridized carbons (Fsp3) is 0. The van der Waals surface area contributed by atoms with Crippen LogP contribution < -0.4 is 0 Å². The molecule has 190 valence electrons. The maximum atomic E-state index is 14.3. The highest BCUT2D eigenvalue weighted by atomic mass is 35.5. The lowest BCUT2D eigenvalue weighted by molar-refractivity contribution is 0.676. The molecule has 2 heterocycles. The molecule has 2 aliphatic heterocycles. The van der Waals surface area contributed by atoms with Crippen LogP contribution in [0.15, 0.2) is 135 Å². The molecule has 0 aromatic heterocycles. The zero-order valence-corrected chi connectivity index (χ0v) is 24.0. The number of rotatable bonds is 2. The van der Waals surface area contributed by atoms with E-state index >= 15 is 0 Å². The Kier molecular flexibility index (Phi) is 6.88. The molecule has 4 aromatic carbocycles. The molecule has 2 aliphatic rings. The van der Waals surface area contributed by atoms with Crippen molar-refractivity contribution in [3.63, 3.8) is 0 Å². The minimum Gasteiger partial charge on any atom is -0.239 e. The first-order chi connectivity index (χ1) is 18.3. The number of halogens is 2. The van der Waals surface area contributed by atoms with E-state index in [4.69, 9.17) is 23.2 Å². The molecule has 0 aliphatic carbocycles. The van der Waals surface area contributed by atoms with Gasteiger partial charge in [0.2, 0.25) is 10.3 Å². The fourth-order valence-electron chi connectivity index (χ4n) is 3.88. The molecule has 0 N–H and O–H groups in total. The van der Waals surface area contributed by atoms with E-state index in [1.807, 2.05) is 36.4 Å². The average Bonchev–Trinajstić information content (AvgIpc) is 2.94. The molecule has 2 unspecified atom stereocenters. The predicted molar refractivity (Wildman–Crippen MR) is 159 cm³/mol. The summed E-state index contributed by atoms with van der Waals surface area (Å²) in [5.41, 5.74) is 1.05. The second-order valence-electron chi connectivity index (χ2n) is 8.04. The smallest absolute Gasteiger partial charge is 0.208 e. The minimum absolute atomic E-state index is 0.282.